The molecule has 0 bridgehead atoms. The van der Waals surface area contributed by atoms with Crippen molar-refractivity contribution in [1.29, 1.82) is 0 Å². The van der Waals surface area contributed by atoms with E-state index in [0.717, 1.165) is 80.3 Å². The Kier molecular flexibility index (Phi) is 9.67. The monoisotopic (exact) mass is 638 g/mol. The minimum Gasteiger partial charge on any atom is -0.491 e. The summed E-state index contributed by atoms with van der Waals surface area (Å²) in [6.45, 7) is 2.15. The Morgan fingerprint density at radius 2 is 1.80 bits per heavy atom. The van der Waals surface area contributed by atoms with Crippen molar-refractivity contribution in [2.45, 2.75) is 63.2 Å². The van der Waals surface area contributed by atoms with Gasteiger partial charge in [0.05, 0.1) is 44.4 Å². The Labute approximate surface area is 264 Å². The second-order valence-corrected chi connectivity index (χ2v) is 13.8. The maximum Gasteiger partial charge on any atom is 0.259 e. The number of hydrogen-bond donors (Lipinski definition) is 2. The molecule has 242 valence electrons. The van der Waals surface area contributed by atoms with Crippen molar-refractivity contribution in [3.63, 3.8) is 0 Å². The summed E-state index contributed by atoms with van der Waals surface area (Å²) in [5, 5.41) is 3.09. The highest BCUT2D eigenvalue weighted by Crippen LogP contribution is 2.50. The SMILES string of the molecule is COc1c2c(cc(C3CCCC3)c1OCCOCCNS(C)(=O)=O)C1=NCCN1C(NC(=O)c1cccnc1C1CCCC1)=N2. The molecule has 2 N–H and O–H groups in total. The van der Waals surface area contributed by atoms with Crippen LogP contribution in [-0.4, -0.2) is 88.8 Å². The lowest BCUT2D eigenvalue weighted by atomic mass is 9.92. The Balaban J connectivity index is 1.29. The van der Waals surface area contributed by atoms with Gasteiger partial charge in [0.2, 0.25) is 16.0 Å². The molecule has 0 spiro atoms. The maximum absolute atomic E-state index is 13.7. The Morgan fingerprint density at radius 1 is 1.04 bits per heavy atom. The zero-order valence-electron chi connectivity index (χ0n) is 26.0. The van der Waals surface area contributed by atoms with E-state index in [2.05, 4.69) is 21.1 Å². The molecule has 1 aromatic heterocycles. The van der Waals surface area contributed by atoms with Gasteiger partial charge in [0.1, 0.15) is 18.1 Å². The van der Waals surface area contributed by atoms with Crippen LogP contribution in [0.25, 0.3) is 0 Å². The third-order valence-electron chi connectivity index (χ3n) is 8.93. The molecule has 2 aromatic rings. The minimum absolute atomic E-state index is 0.192. The molecule has 13 heteroatoms. The Morgan fingerprint density at radius 3 is 2.53 bits per heavy atom. The number of benzene rings is 1. The van der Waals surface area contributed by atoms with Gasteiger partial charge in [-0.3, -0.25) is 25.0 Å². The smallest absolute Gasteiger partial charge is 0.259 e. The largest absolute Gasteiger partial charge is 0.491 e. The number of carbonyl (C=O) groups excluding carboxylic acids is 1. The van der Waals surface area contributed by atoms with Gasteiger partial charge >= 0.3 is 0 Å². The van der Waals surface area contributed by atoms with Crippen molar-refractivity contribution in [2.24, 2.45) is 9.98 Å². The third kappa shape index (κ3) is 7.00. The van der Waals surface area contributed by atoms with Gasteiger partial charge in [0.15, 0.2) is 11.5 Å². The van der Waals surface area contributed by atoms with Crippen molar-refractivity contribution in [2.75, 3.05) is 52.8 Å². The summed E-state index contributed by atoms with van der Waals surface area (Å²) in [6, 6.07) is 5.78. The molecule has 0 saturated heterocycles. The van der Waals surface area contributed by atoms with Gasteiger partial charge in [0.25, 0.3) is 5.91 Å². The number of nitrogens with one attached hydrogen (secondary N) is 2. The number of rotatable bonds is 12. The number of methoxy groups -OCH3 is 1. The van der Waals surface area contributed by atoms with Crippen LogP contribution in [-0.2, 0) is 14.8 Å². The average Bonchev–Trinajstić information content (AvgIpc) is 3.83. The van der Waals surface area contributed by atoms with E-state index < -0.39 is 10.0 Å². The molecule has 2 saturated carbocycles. The van der Waals surface area contributed by atoms with E-state index in [4.69, 9.17) is 24.2 Å². The molecular formula is C32H42N6O6S. The molecule has 0 radical (unpaired) electrons. The van der Waals surface area contributed by atoms with Crippen LogP contribution >= 0.6 is 0 Å². The van der Waals surface area contributed by atoms with E-state index >= 15 is 0 Å². The molecule has 4 aliphatic rings. The van der Waals surface area contributed by atoms with Gasteiger partial charge in [-0.1, -0.05) is 25.7 Å². The van der Waals surface area contributed by atoms with Crippen LogP contribution in [0.3, 0.4) is 0 Å². The molecule has 2 fully saturated rings. The van der Waals surface area contributed by atoms with Gasteiger partial charge in [-0.2, -0.15) is 0 Å². The van der Waals surface area contributed by atoms with Gasteiger partial charge in [-0.05, 0) is 49.8 Å². The Hall–Kier alpha value is -3.55. The number of guanidine groups is 1. The first-order valence-electron chi connectivity index (χ1n) is 15.9. The number of ether oxygens (including phenoxy) is 3. The lowest BCUT2D eigenvalue weighted by molar-refractivity contribution is 0.0972. The second kappa shape index (κ2) is 13.8. The molecule has 1 aromatic carbocycles. The first-order valence-corrected chi connectivity index (χ1v) is 17.8. The normalized spacial score (nSPS) is 18.4. The molecule has 3 heterocycles. The number of hydrogen-bond acceptors (Lipinski definition) is 10. The molecule has 6 rings (SSSR count). The molecule has 1 amide bonds. The first kappa shape index (κ1) is 31.4. The Bertz CT molecular complexity index is 1580. The lowest BCUT2D eigenvalue weighted by Gasteiger charge is -2.30. The van der Waals surface area contributed by atoms with Crippen molar-refractivity contribution in [1.82, 2.24) is 19.9 Å². The number of aromatic nitrogens is 1. The molecule has 45 heavy (non-hydrogen) atoms. The second-order valence-electron chi connectivity index (χ2n) is 12.0. The zero-order valence-corrected chi connectivity index (χ0v) is 26.8. The fourth-order valence-corrected chi connectivity index (χ4v) is 7.32. The molecule has 0 unspecified atom stereocenters. The molecular weight excluding hydrogens is 596 g/mol. The van der Waals surface area contributed by atoms with Gasteiger partial charge in [-0.25, -0.2) is 18.1 Å². The summed E-state index contributed by atoms with van der Waals surface area (Å²) in [6.07, 6.45) is 11.7. The lowest BCUT2D eigenvalue weighted by Crippen LogP contribution is -2.47. The number of sulfonamides is 1. The predicted octanol–water partition coefficient (Wildman–Crippen LogP) is 3.84. The number of fused-ring (bicyclic) bond motifs is 3. The molecule has 0 atom stereocenters. The summed E-state index contributed by atoms with van der Waals surface area (Å²) in [5.74, 6) is 2.67. The number of amides is 1. The maximum atomic E-state index is 13.7. The number of nitrogens with zero attached hydrogens (tertiary/aromatic N) is 4. The predicted molar refractivity (Wildman–Crippen MR) is 171 cm³/mol. The van der Waals surface area contributed by atoms with E-state index in [1.807, 2.05) is 11.0 Å². The summed E-state index contributed by atoms with van der Waals surface area (Å²) in [4.78, 5) is 30.1. The van der Waals surface area contributed by atoms with Gasteiger partial charge < -0.3 is 14.2 Å². The van der Waals surface area contributed by atoms with Crippen LogP contribution in [0.2, 0.25) is 0 Å². The van der Waals surface area contributed by atoms with Crippen molar-refractivity contribution < 1.29 is 27.4 Å². The van der Waals surface area contributed by atoms with Crippen LogP contribution in [0.4, 0.5) is 5.69 Å². The van der Waals surface area contributed by atoms with E-state index in [-0.39, 0.29) is 32.3 Å². The number of amidine groups is 1. The minimum atomic E-state index is -3.27. The summed E-state index contributed by atoms with van der Waals surface area (Å²) in [5.41, 5.74) is 3.93. The highest BCUT2D eigenvalue weighted by atomic mass is 32.2. The van der Waals surface area contributed by atoms with Crippen LogP contribution in [0.1, 0.15) is 90.4 Å². The standard InChI is InChI=1S/C32H42N6O6S/c1-42-29-27-25(20-24(21-8-3-4-9-21)28(29)44-19-18-43-17-15-35-45(2,40)41)30-34-14-16-38(30)32(36-27)37-31(39)23-12-7-13-33-26(23)22-10-5-6-11-22/h7,12-13,20-22,35H,3-6,8-11,14-19H2,1-2H3,(H,36,37,39). The molecule has 12 nitrogen and oxygen atoms in total. The fraction of sp³-hybridized carbons (Fsp3) is 0.562. The van der Waals surface area contributed by atoms with Crippen molar-refractivity contribution in [3.05, 3.63) is 46.8 Å². The highest BCUT2D eigenvalue weighted by molar-refractivity contribution is 7.88. The van der Waals surface area contributed by atoms with Gasteiger partial charge in [0, 0.05) is 36.3 Å². The zero-order chi connectivity index (χ0) is 31.4. The summed E-state index contributed by atoms with van der Waals surface area (Å²) in [7, 11) is -1.66. The van der Waals surface area contributed by atoms with Crippen LogP contribution in [0, 0.1) is 0 Å². The average molecular weight is 639 g/mol. The van der Waals surface area contributed by atoms with Gasteiger partial charge in [-0.15, -0.1) is 0 Å². The van der Waals surface area contributed by atoms with Crippen LogP contribution in [0.15, 0.2) is 34.4 Å². The van der Waals surface area contributed by atoms with E-state index in [0.29, 0.717) is 53.6 Å². The van der Waals surface area contributed by atoms with Crippen molar-refractivity contribution >= 4 is 33.4 Å². The molecule has 2 aliphatic heterocycles. The molecule has 2 aliphatic carbocycles. The number of aliphatic imine (C=N–C) groups is 2. The third-order valence-corrected chi connectivity index (χ3v) is 9.66. The highest BCUT2D eigenvalue weighted by Gasteiger charge is 2.36. The van der Waals surface area contributed by atoms with E-state index in [1.165, 1.54) is 0 Å². The van der Waals surface area contributed by atoms with E-state index in [1.54, 1.807) is 19.4 Å². The summed E-state index contributed by atoms with van der Waals surface area (Å²) >= 11 is 0. The van der Waals surface area contributed by atoms with E-state index in [9.17, 15) is 13.2 Å². The van der Waals surface area contributed by atoms with Crippen LogP contribution in [0.5, 0.6) is 11.5 Å². The number of carbonyl (C=O) groups is 1. The fourth-order valence-electron chi connectivity index (χ4n) is 6.86. The summed E-state index contributed by atoms with van der Waals surface area (Å²) < 4.78 is 43.0. The topological polar surface area (TPSA) is 144 Å². The van der Waals surface area contributed by atoms with Crippen LogP contribution < -0.4 is 19.5 Å². The van der Waals surface area contributed by atoms with Crippen molar-refractivity contribution in [3.8, 4) is 11.5 Å². The first-order chi connectivity index (χ1) is 21.8. The number of pyridine rings is 1. The quantitative estimate of drug-likeness (QED) is 0.334.